The third kappa shape index (κ3) is 5.02. The molecule has 1 fully saturated rings. The van der Waals surface area contributed by atoms with Crippen LogP contribution in [0.2, 0.25) is 0 Å². The van der Waals surface area contributed by atoms with Crippen molar-refractivity contribution in [1.82, 2.24) is 24.5 Å². The number of benzene rings is 2. The summed E-state index contributed by atoms with van der Waals surface area (Å²) in [5.74, 6) is 0.933. The van der Waals surface area contributed by atoms with Gasteiger partial charge >= 0.3 is 0 Å². The van der Waals surface area contributed by atoms with Crippen molar-refractivity contribution in [3.63, 3.8) is 0 Å². The number of carbonyl (C=O) groups excluding carboxylic acids is 1. The largest absolute Gasteiger partial charge is 0.349 e. The molecule has 1 amide bonds. The lowest BCUT2D eigenvalue weighted by Gasteiger charge is -2.15. The van der Waals surface area contributed by atoms with Gasteiger partial charge in [-0.05, 0) is 61.1 Å². The second-order valence-corrected chi connectivity index (χ2v) is 10.8. The summed E-state index contributed by atoms with van der Waals surface area (Å²) in [4.78, 5) is 26.5. The molecule has 2 aromatic heterocycles. The first-order valence-electron chi connectivity index (χ1n) is 12.5. The van der Waals surface area contributed by atoms with Crippen LogP contribution in [0.15, 0.2) is 52.4 Å². The molecule has 7 nitrogen and oxygen atoms in total. The van der Waals surface area contributed by atoms with Gasteiger partial charge in [-0.1, -0.05) is 50.6 Å². The number of aryl methyl sites for hydroxylation is 1. The molecule has 1 N–H and O–H groups in total. The highest BCUT2D eigenvalue weighted by Crippen LogP contribution is 2.26. The average Bonchev–Trinajstić information content (AvgIpc) is 3.52. The molecule has 0 bridgehead atoms. The number of hydrogen-bond donors (Lipinski definition) is 1. The highest BCUT2D eigenvalue weighted by Gasteiger charge is 2.21. The number of halogens is 1. The zero-order chi connectivity index (χ0) is 25.2. The van der Waals surface area contributed by atoms with Gasteiger partial charge in [-0.2, -0.15) is 0 Å². The van der Waals surface area contributed by atoms with E-state index in [4.69, 9.17) is 0 Å². The van der Waals surface area contributed by atoms with Gasteiger partial charge in [0.05, 0.1) is 10.9 Å². The first-order valence-corrected chi connectivity index (χ1v) is 13.5. The van der Waals surface area contributed by atoms with Gasteiger partial charge in [0.1, 0.15) is 5.82 Å². The van der Waals surface area contributed by atoms with Crippen molar-refractivity contribution in [1.29, 1.82) is 0 Å². The van der Waals surface area contributed by atoms with E-state index in [1.807, 2.05) is 10.5 Å². The number of aromatic nitrogens is 4. The lowest BCUT2D eigenvalue weighted by Crippen LogP contribution is -2.32. The fraction of sp³-hybridized carbons (Fsp3) is 0.407. The quantitative estimate of drug-likeness (QED) is 0.332. The van der Waals surface area contributed by atoms with Crippen LogP contribution in [0.5, 0.6) is 0 Å². The Morgan fingerprint density at radius 3 is 2.72 bits per heavy atom. The summed E-state index contributed by atoms with van der Waals surface area (Å²) in [5.41, 5.74) is 1.78. The maximum atomic E-state index is 13.7. The van der Waals surface area contributed by atoms with Crippen LogP contribution in [0.1, 0.15) is 61.9 Å². The number of fused-ring (bicyclic) bond motifs is 3. The molecule has 36 heavy (non-hydrogen) atoms. The Labute approximate surface area is 213 Å². The summed E-state index contributed by atoms with van der Waals surface area (Å²) < 4.78 is 17.2. The lowest BCUT2D eigenvalue weighted by atomic mass is 10.1. The van der Waals surface area contributed by atoms with Crippen LogP contribution in [0.3, 0.4) is 0 Å². The van der Waals surface area contributed by atoms with E-state index in [0.717, 1.165) is 37.7 Å². The molecule has 4 aromatic rings. The molecule has 5 rings (SSSR count). The van der Waals surface area contributed by atoms with Gasteiger partial charge in [-0.25, -0.2) is 4.39 Å². The average molecular weight is 508 g/mol. The van der Waals surface area contributed by atoms with Crippen molar-refractivity contribution in [2.75, 3.05) is 0 Å². The third-order valence-corrected chi connectivity index (χ3v) is 7.71. The Bertz CT molecular complexity index is 1470. The standard InChI is InChI=1S/C27H30FN5O2S/c1-17(2)12-13-32-25(35)22-11-10-19(24(34)29-21-8-3-4-9-21)15-23(22)33-26(32)30-31-27(33)36-16-18-6-5-7-20(28)14-18/h5-7,10-11,14-15,17,21H,3-4,8-9,12-13,16H2,1-2H3,(H,29,34). The van der Waals surface area contributed by atoms with E-state index in [1.54, 1.807) is 28.8 Å². The van der Waals surface area contributed by atoms with Gasteiger partial charge < -0.3 is 5.32 Å². The summed E-state index contributed by atoms with van der Waals surface area (Å²) in [6, 6.07) is 11.9. The second-order valence-electron chi connectivity index (χ2n) is 9.86. The molecular formula is C27H30FN5O2S. The van der Waals surface area contributed by atoms with Crippen molar-refractivity contribution in [3.8, 4) is 0 Å². The van der Waals surface area contributed by atoms with Gasteiger partial charge in [0.15, 0.2) is 5.16 Å². The van der Waals surface area contributed by atoms with E-state index in [2.05, 4.69) is 29.4 Å². The first kappa shape index (κ1) is 24.5. The SMILES string of the molecule is CC(C)CCn1c(=O)c2ccc(C(=O)NC3CCCC3)cc2n2c(SCc3cccc(F)c3)nnc12. The molecule has 0 unspecified atom stereocenters. The molecule has 0 radical (unpaired) electrons. The minimum atomic E-state index is -0.287. The molecule has 2 aromatic carbocycles. The molecule has 0 aliphatic heterocycles. The van der Waals surface area contributed by atoms with Crippen molar-refractivity contribution in [2.45, 2.75) is 69.4 Å². The Balaban J connectivity index is 1.59. The molecule has 1 aliphatic carbocycles. The van der Waals surface area contributed by atoms with Crippen LogP contribution in [0.25, 0.3) is 16.7 Å². The van der Waals surface area contributed by atoms with E-state index in [0.29, 0.717) is 45.6 Å². The number of nitrogens with one attached hydrogen (secondary N) is 1. The van der Waals surface area contributed by atoms with Crippen LogP contribution < -0.4 is 10.9 Å². The maximum Gasteiger partial charge on any atom is 0.262 e. The highest BCUT2D eigenvalue weighted by atomic mass is 32.2. The van der Waals surface area contributed by atoms with E-state index >= 15 is 0 Å². The molecule has 1 saturated carbocycles. The number of amides is 1. The summed E-state index contributed by atoms with van der Waals surface area (Å²) in [6.45, 7) is 4.75. The van der Waals surface area contributed by atoms with E-state index in [-0.39, 0.29) is 23.3 Å². The number of carbonyl (C=O) groups is 1. The van der Waals surface area contributed by atoms with E-state index < -0.39 is 0 Å². The molecule has 2 heterocycles. The minimum absolute atomic E-state index is 0.136. The minimum Gasteiger partial charge on any atom is -0.349 e. The molecule has 0 saturated heterocycles. The molecule has 0 atom stereocenters. The summed E-state index contributed by atoms with van der Waals surface area (Å²) in [6.07, 6.45) is 5.08. The zero-order valence-electron chi connectivity index (χ0n) is 20.5. The lowest BCUT2D eigenvalue weighted by molar-refractivity contribution is 0.0938. The topological polar surface area (TPSA) is 81.3 Å². The van der Waals surface area contributed by atoms with Gasteiger partial charge in [0.25, 0.3) is 11.5 Å². The first-order chi connectivity index (χ1) is 17.4. The summed E-state index contributed by atoms with van der Waals surface area (Å²) in [7, 11) is 0. The molecule has 1 aliphatic rings. The Kier molecular flexibility index (Phi) is 7.09. The van der Waals surface area contributed by atoms with Gasteiger partial charge in [-0.15, -0.1) is 10.2 Å². The maximum absolute atomic E-state index is 13.7. The molecular weight excluding hydrogens is 477 g/mol. The van der Waals surface area contributed by atoms with E-state index in [9.17, 15) is 14.0 Å². The van der Waals surface area contributed by atoms with Gasteiger partial charge in [0.2, 0.25) is 5.78 Å². The predicted octanol–water partition coefficient (Wildman–Crippen LogP) is 5.19. The smallest absolute Gasteiger partial charge is 0.262 e. The Morgan fingerprint density at radius 1 is 1.17 bits per heavy atom. The van der Waals surface area contributed by atoms with Crippen molar-refractivity contribution in [3.05, 3.63) is 69.8 Å². The third-order valence-electron chi connectivity index (χ3n) is 6.71. The van der Waals surface area contributed by atoms with E-state index in [1.165, 1.54) is 23.9 Å². The van der Waals surface area contributed by atoms with Crippen LogP contribution in [0, 0.1) is 11.7 Å². The molecule has 9 heteroatoms. The Morgan fingerprint density at radius 2 is 1.97 bits per heavy atom. The molecule has 188 valence electrons. The van der Waals surface area contributed by atoms with Crippen molar-refractivity contribution in [2.24, 2.45) is 5.92 Å². The number of hydrogen-bond acceptors (Lipinski definition) is 5. The number of rotatable bonds is 8. The van der Waals surface area contributed by atoms with Crippen LogP contribution in [0.4, 0.5) is 4.39 Å². The Hall–Kier alpha value is -3.20. The van der Waals surface area contributed by atoms with Crippen LogP contribution in [-0.2, 0) is 12.3 Å². The zero-order valence-corrected chi connectivity index (χ0v) is 21.4. The predicted molar refractivity (Wildman–Crippen MR) is 140 cm³/mol. The summed E-state index contributed by atoms with van der Waals surface area (Å²) in [5, 5.41) is 13.0. The van der Waals surface area contributed by atoms with Crippen LogP contribution >= 0.6 is 11.8 Å². The second kappa shape index (κ2) is 10.4. The fourth-order valence-electron chi connectivity index (χ4n) is 4.72. The number of nitrogens with zero attached hydrogens (tertiary/aromatic N) is 4. The van der Waals surface area contributed by atoms with Gasteiger partial charge in [0, 0.05) is 23.9 Å². The van der Waals surface area contributed by atoms with Crippen molar-refractivity contribution < 1.29 is 9.18 Å². The normalized spacial score (nSPS) is 14.3. The monoisotopic (exact) mass is 507 g/mol. The summed E-state index contributed by atoms with van der Waals surface area (Å²) >= 11 is 1.42. The molecule has 0 spiro atoms. The fourth-order valence-corrected chi connectivity index (χ4v) is 5.60. The number of thioether (sulfide) groups is 1. The van der Waals surface area contributed by atoms with Gasteiger partial charge in [-0.3, -0.25) is 18.6 Å². The highest BCUT2D eigenvalue weighted by molar-refractivity contribution is 7.98. The van der Waals surface area contributed by atoms with Crippen molar-refractivity contribution >= 4 is 34.3 Å². The van der Waals surface area contributed by atoms with Crippen LogP contribution in [-0.4, -0.2) is 31.1 Å².